The van der Waals surface area contributed by atoms with Crippen molar-refractivity contribution in [3.63, 3.8) is 0 Å². The SMILES string of the molecule is COc1c(C)c(C)cc(C)c1C1CCCN1. The average molecular weight is 219 g/mol. The fourth-order valence-electron chi connectivity index (χ4n) is 2.70. The number of nitrogens with one attached hydrogen (secondary N) is 1. The maximum Gasteiger partial charge on any atom is 0.127 e. The molecule has 1 unspecified atom stereocenters. The topological polar surface area (TPSA) is 21.3 Å². The van der Waals surface area contributed by atoms with Gasteiger partial charge in [-0.05, 0) is 56.8 Å². The van der Waals surface area contributed by atoms with Gasteiger partial charge in [0, 0.05) is 11.6 Å². The van der Waals surface area contributed by atoms with Crippen molar-refractivity contribution in [2.75, 3.05) is 13.7 Å². The lowest BCUT2D eigenvalue weighted by atomic mass is 9.93. The summed E-state index contributed by atoms with van der Waals surface area (Å²) in [6.45, 7) is 7.60. The first-order valence-corrected chi connectivity index (χ1v) is 6.03. The van der Waals surface area contributed by atoms with Crippen molar-refractivity contribution in [1.29, 1.82) is 0 Å². The molecule has 2 nitrogen and oxygen atoms in total. The van der Waals surface area contributed by atoms with Gasteiger partial charge in [-0.3, -0.25) is 0 Å². The van der Waals surface area contributed by atoms with Crippen LogP contribution < -0.4 is 10.1 Å². The Morgan fingerprint density at radius 1 is 1.25 bits per heavy atom. The summed E-state index contributed by atoms with van der Waals surface area (Å²) in [4.78, 5) is 0. The van der Waals surface area contributed by atoms with E-state index in [9.17, 15) is 0 Å². The van der Waals surface area contributed by atoms with Crippen molar-refractivity contribution in [1.82, 2.24) is 5.32 Å². The second-order valence-corrected chi connectivity index (χ2v) is 4.73. The maximum atomic E-state index is 5.61. The highest BCUT2D eigenvalue weighted by atomic mass is 16.5. The summed E-state index contributed by atoms with van der Waals surface area (Å²) in [6.07, 6.45) is 2.49. The zero-order valence-corrected chi connectivity index (χ0v) is 10.7. The second kappa shape index (κ2) is 4.46. The highest BCUT2D eigenvalue weighted by molar-refractivity contribution is 5.51. The summed E-state index contributed by atoms with van der Waals surface area (Å²) < 4.78 is 5.61. The van der Waals surface area contributed by atoms with Crippen LogP contribution in [-0.4, -0.2) is 13.7 Å². The molecule has 1 heterocycles. The summed E-state index contributed by atoms with van der Waals surface area (Å²) in [6, 6.07) is 2.75. The molecule has 1 aliphatic rings. The quantitative estimate of drug-likeness (QED) is 0.825. The molecular weight excluding hydrogens is 198 g/mol. The van der Waals surface area contributed by atoms with Crippen LogP contribution in [0.1, 0.15) is 41.1 Å². The van der Waals surface area contributed by atoms with Gasteiger partial charge in [0.05, 0.1) is 7.11 Å². The summed E-state index contributed by atoms with van der Waals surface area (Å²) in [7, 11) is 1.78. The molecule has 1 N–H and O–H groups in total. The molecule has 0 saturated carbocycles. The zero-order valence-electron chi connectivity index (χ0n) is 10.7. The van der Waals surface area contributed by atoms with E-state index in [-0.39, 0.29) is 0 Å². The van der Waals surface area contributed by atoms with Crippen molar-refractivity contribution < 1.29 is 4.74 Å². The third kappa shape index (κ3) is 1.82. The fraction of sp³-hybridized carbons (Fsp3) is 0.571. The minimum absolute atomic E-state index is 0.481. The summed E-state index contributed by atoms with van der Waals surface area (Å²) >= 11 is 0. The van der Waals surface area contributed by atoms with Crippen LogP contribution in [0.4, 0.5) is 0 Å². The molecule has 1 aromatic rings. The molecule has 2 rings (SSSR count). The van der Waals surface area contributed by atoms with Gasteiger partial charge in [-0.2, -0.15) is 0 Å². The first kappa shape index (κ1) is 11.5. The predicted molar refractivity (Wildman–Crippen MR) is 67.2 cm³/mol. The Kier molecular flexibility index (Phi) is 3.20. The van der Waals surface area contributed by atoms with E-state index in [2.05, 4.69) is 32.2 Å². The molecule has 0 spiro atoms. The van der Waals surface area contributed by atoms with Crippen molar-refractivity contribution in [3.05, 3.63) is 28.3 Å². The summed E-state index contributed by atoms with van der Waals surface area (Å²) in [5.41, 5.74) is 5.30. The number of aryl methyl sites for hydroxylation is 2. The van der Waals surface area contributed by atoms with Gasteiger partial charge in [0.2, 0.25) is 0 Å². The predicted octanol–water partition coefficient (Wildman–Crippen LogP) is 3.04. The lowest BCUT2D eigenvalue weighted by molar-refractivity contribution is 0.399. The monoisotopic (exact) mass is 219 g/mol. The molecule has 1 fully saturated rings. The van der Waals surface area contributed by atoms with Crippen molar-refractivity contribution in [3.8, 4) is 5.75 Å². The minimum atomic E-state index is 0.481. The van der Waals surface area contributed by atoms with Crippen molar-refractivity contribution >= 4 is 0 Å². The Balaban J connectivity index is 2.53. The highest BCUT2D eigenvalue weighted by Crippen LogP contribution is 2.37. The van der Waals surface area contributed by atoms with Crippen LogP contribution in [0.5, 0.6) is 5.75 Å². The molecule has 2 heteroatoms. The van der Waals surface area contributed by atoms with E-state index in [1.54, 1.807) is 7.11 Å². The van der Waals surface area contributed by atoms with E-state index in [0.717, 1.165) is 12.3 Å². The molecule has 88 valence electrons. The van der Waals surface area contributed by atoms with Gasteiger partial charge >= 0.3 is 0 Å². The smallest absolute Gasteiger partial charge is 0.127 e. The molecule has 1 saturated heterocycles. The number of methoxy groups -OCH3 is 1. The van der Waals surface area contributed by atoms with Crippen LogP contribution in [-0.2, 0) is 0 Å². The van der Waals surface area contributed by atoms with E-state index in [1.165, 1.54) is 35.1 Å². The Morgan fingerprint density at radius 3 is 2.56 bits per heavy atom. The molecule has 1 aromatic carbocycles. The number of hydrogen-bond acceptors (Lipinski definition) is 2. The van der Waals surface area contributed by atoms with E-state index in [4.69, 9.17) is 4.74 Å². The number of benzene rings is 1. The van der Waals surface area contributed by atoms with E-state index >= 15 is 0 Å². The van der Waals surface area contributed by atoms with Crippen LogP contribution in [0.25, 0.3) is 0 Å². The summed E-state index contributed by atoms with van der Waals surface area (Å²) in [5, 5.41) is 3.56. The van der Waals surface area contributed by atoms with Gasteiger partial charge in [-0.15, -0.1) is 0 Å². The lowest BCUT2D eigenvalue weighted by Gasteiger charge is -2.21. The van der Waals surface area contributed by atoms with Gasteiger partial charge in [0.1, 0.15) is 5.75 Å². The van der Waals surface area contributed by atoms with E-state index < -0.39 is 0 Å². The molecule has 0 aliphatic carbocycles. The van der Waals surface area contributed by atoms with E-state index in [1.807, 2.05) is 0 Å². The van der Waals surface area contributed by atoms with Gasteiger partial charge < -0.3 is 10.1 Å². The van der Waals surface area contributed by atoms with Gasteiger partial charge in [-0.25, -0.2) is 0 Å². The molecule has 1 atom stereocenters. The molecule has 0 amide bonds. The van der Waals surface area contributed by atoms with Gasteiger partial charge in [0.15, 0.2) is 0 Å². The molecular formula is C14H21NO. The fourth-order valence-corrected chi connectivity index (χ4v) is 2.70. The molecule has 0 aromatic heterocycles. The van der Waals surface area contributed by atoms with Crippen molar-refractivity contribution in [2.24, 2.45) is 0 Å². The van der Waals surface area contributed by atoms with Gasteiger partial charge in [-0.1, -0.05) is 6.07 Å². The normalized spacial score (nSPS) is 20.1. The Morgan fingerprint density at radius 2 is 2.00 bits per heavy atom. The number of hydrogen-bond donors (Lipinski definition) is 1. The first-order valence-electron chi connectivity index (χ1n) is 6.03. The molecule has 1 aliphatic heterocycles. The highest BCUT2D eigenvalue weighted by Gasteiger charge is 2.23. The lowest BCUT2D eigenvalue weighted by Crippen LogP contribution is -2.16. The van der Waals surface area contributed by atoms with Crippen LogP contribution >= 0.6 is 0 Å². The van der Waals surface area contributed by atoms with E-state index in [0.29, 0.717) is 6.04 Å². The minimum Gasteiger partial charge on any atom is -0.496 e. The zero-order chi connectivity index (χ0) is 11.7. The third-order valence-electron chi connectivity index (χ3n) is 3.65. The second-order valence-electron chi connectivity index (χ2n) is 4.73. The number of rotatable bonds is 2. The Hall–Kier alpha value is -1.02. The average Bonchev–Trinajstić information content (AvgIpc) is 2.76. The van der Waals surface area contributed by atoms with Crippen LogP contribution in [0.15, 0.2) is 6.07 Å². The standard InChI is InChI=1S/C14H21NO/c1-9-8-10(2)13(12-6-5-7-15-12)14(16-4)11(9)3/h8,12,15H,5-7H2,1-4H3. The van der Waals surface area contributed by atoms with Crippen LogP contribution in [0.2, 0.25) is 0 Å². The Labute approximate surface area is 98.0 Å². The Bertz CT molecular complexity index is 392. The molecule has 0 radical (unpaired) electrons. The van der Waals surface area contributed by atoms with Gasteiger partial charge in [0.25, 0.3) is 0 Å². The van der Waals surface area contributed by atoms with Crippen LogP contribution in [0, 0.1) is 20.8 Å². The van der Waals surface area contributed by atoms with Crippen LogP contribution in [0.3, 0.4) is 0 Å². The number of ether oxygens (including phenoxy) is 1. The maximum absolute atomic E-state index is 5.61. The largest absolute Gasteiger partial charge is 0.496 e. The summed E-state index contributed by atoms with van der Waals surface area (Å²) in [5.74, 6) is 1.08. The third-order valence-corrected chi connectivity index (χ3v) is 3.65. The van der Waals surface area contributed by atoms with Crippen molar-refractivity contribution in [2.45, 2.75) is 39.7 Å². The first-order chi connectivity index (χ1) is 7.65. The molecule has 0 bridgehead atoms. The molecule has 16 heavy (non-hydrogen) atoms.